The monoisotopic (exact) mass is 267 g/mol. The van der Waals surface area contributed by atoms with Gasteiger partial charge in [-0.25, -0.2) is 0 Å². The van der Waals surface area contributed by atoms with E-state index in [1.807, 2.05) is 0 Å². The molecular formula is C16H29NO2. The number of hydrogen-bond acceptors (Lipinski definition) is 2. The van der Waals surface area contributed by atoms with Crippen LogP contribution in [-0.2, 0) is 4.79 Å². The maximum atomic E-state index is 11.0. The summed E-state index contributed by atoms with van der Waals surface area (Å²) in [4.78, 5) is 13.3. The molecule has 0 radical (unpaired) electrons. The molecule has 1 unspecified atom stereocenters. The van der Waals surface area contributed by atoms with Crippen molar-refractivity contribution in [3.8, 4) is 0 Å². The molecule has 2 fully saturated rings. The van der Waals surface area contributed by atoms with Crippen LogP contribution in [0.2, 0.25) is 0 Å². The first-order chi connectivity index (χ1) is 8.86. The minimum absolute atomic E-state index is 0.120. The van der Waals surface area contributed by atoms with Crippen LogP contribution in [0.5, 0.6) is 0 Å². The number of nitrogens with zero attached hydrogens (tertiary/aromatic N) is 1. The number of carbonyl (C=O) groups is 1. The van der Waals surface area contributed by atoms with E-state index < -0.39 is 5.97 Å². The lowest BCUT2D eigenvalue weighted by Crippen LogP contribution is -2.33. The summed E-state index contributed by atoms with van der Waals surface area (Å²) in [5, 5.41) is 9.03. The minimum atomic E-state index is -0.612. The summed E-state index contributed by atoms with van der Waals surface area (Å²) in [5.74, 6) is 0.935. The Morgan fingerprint density at radius 1 is 1.16 bits per heavy atom. The van der Waals surface area contributed by atoms with Crippen molar-refractivity contribution in [2.24, 2.45) is 23.2 Å². The molecule has 1 heterocycles. The quantitative estimate of drug-likeness (QED) is 0.853. The standard InChI is InChI=1S/C16H29NO2/c1-16(2,3)14-6-4-12(5-7-14)10-17-9-8-13(11-17)15(18)19/h12-14H,4-11H2,1-3H3,(H,18,19). The molecule has 1 saturated heterocycles. The van der Waals surface area contributed by atoms with Gasteiger partial charge in [0, 0.05) is 13.1 Å². The van der Waals surface area contributed by atoms with Crippen LogP contribution >= 0.6 is 0 Å². The van der Waals surface area contributed by atoms with E-state index in [2.05, 4.69) is 25.7 Å². The average molecular weight is 267 g/mol. The second kappa shape index (κ2) is 5.82. The van der Waals surface area contributed by atoms with Crippen molar-refractivity contribution < 1.29 is 9.90 Å². The van der Waals surface area contributed by atoms with E-state index in [0.717, 1.165) is 37.9 Å². The molecule has 0 aromatic heterocycles. The molecule has 0 spiro atoms. The average Bonchev–Trinajstić information content (AvgIpc) is 2.77. The maximum absolute atomic E-state index is 11.0. The first-order valence-corrected chi connectivity index (χ1v) is 7.81. The van der Waals surface area contributed by atoms with Crippen molar-refractivity contribution in [2.75, 3.05) is 19.6 Å². The number of carboxylic acids is 1. The van der Waals surface area contributed by atoms with Crippen molar-refractivity contribution in [1.82, 2.24) is 4.90 Å². The highest BCUT2D eigenvalue weighted by atomic mass is 16.4. The fourth-order valence-corrected chi connectivity index (χ4v) is 3.78. The van der Waals surface area contributed by atoms with Gasteiger partial charge in [-0.15, -0.1) is 0 Å². The second-order valence-corrected chi connectivity index (χ2v) is 7.67. The number of hydrogen-bond donors (Lipinski definition) is 1. The van der Waals surface area contributed by atoms with Gasteiger partial charge in [-0.1, -0.05) is 20.8 Å². The summed E-state index contributed by atoms with van der Waals surface area (Å²) in [6.07, 6.45) is 6.20. The van der Waals surface area contributed by atoms with Crippen LogP contribution in [0.3, 0.4) is 0 Å². The lowest BCUT2D eigenvalue weighted by molar-refractivity contribution is -0.141. The molecule has 1 atom stereocenters. The van der Waals surface area contributed by atoms with E-state index in [0.29, 0.717) is 5.41 Å². The van der Waals surface area contributed by atoms with Crippen molar-refractivity contribution in [1.29, 1.82) is 0 Å². The van der Waals surface area contributed by atoms with E-state index in [1.54, 1.807) is 0 Å². The third-order valence-corrected chi connectivity index (χ3v) is 5.21. The van der Waals surface area contributed by atoms with E-state index in [4.69, 9.17) is 5.11 Å². The van der Waals surface area contributed by atoms with Crippen LogP contribution in [0.1, 0.15) is 52.9 Å². The molecule has 2 aliphatic rings. The van der Waals surface area contributed by atoms with Gasteiger partial charge in [0.05, 0.1) is 5.92 Å². The highest BCUT2D eigenvalue weighted by Crippen LogP contribution is 2.40. The topological polar surface area (TPSA) is 40.5 Å². The molecule has 110 valence electrons. The Bertz CT molecular complexity index is 313. The molecule has 3 heteroatoms. The van der Waals surface area contributed by atoms with Crippen LogP contribution in [0, 0.1) is 23.2 Å². The minimum Gasteiger partial charge on any atom is -0.481 e. The first kappa shape index (κ1) is 14.8. The zero-order chi connectivity index (χ0) is 14.0. The van der Waals surface area contributed by atoms with E-state index in [-0.39, 0.29) is 5.92 Å². The Balaban J connectivity index is 1.73. The predicted octanol–water partition coefficient (Wildman–Crippen LogP) is 3.25. The van der Waals surface area contributed by atoms with Gasteiger partial charge in [0.25, 0.3) is 0 Å². The molecule has 1 aliphatic carbocycles. The van der Waals surface area contributed by atoms with Gasteiger partial charge in [-0.05, 0) is 55.9 Å². The lowest BCUT2D eigenvalue weighted by atomic mass is 9.70. The summed E-state index contributed by atoms with van der Waals surface area (Å²) in [6.45, 7) is 9.95. The summed E-state index contributed by atoms with van der Waals surface area (Å²) in [5.41, 5.74) is 0.451. The number of carboxylic acid groups (broad SMARTS) is 1. The van der Waals surface area contributed by atoms with E-state index >= 15 is 0 Å². The van der Waals surface area contributed by atoms with E-state index in [1.165, 1.54) is 25.7 Å². The van der Waals surface area contributed by atoms with Gasteiger partial charge in [0.1, 0.15) is 0 Å². The van der Waals surface area contributed by atoms with Gasteiger partial charge in [-0.3, -0.25) is 4.79 Å². The number of aliphatic carboxylic acids is 1. The fourth-order valence-electron chi connectivity index (χ4n) is 3.78. The van der Waals surface area contributed by atoms with Crippen molar-refractivity contribution in [3.63, 3.8) is 0 Å². The molecule has 1 aliphatic heterocycles. The summed E-state index contributed by atoms with van der Waals surface area (Å²) in [6, 6.07) is 0. The van der Waals surface area contributed by atoms with Crippen LogP contribution in [-0.4, -0.2) is 35.6 Å². The smallest absolute Gasteiger partial charge is 0.307 e. The Kier molecular flexibility index (Phi) is 4.54. The first-order valence-electron chi connectivity index (χ1n) is 7.81. The van der Waals surface area contributed by atoms with Crippen molar-refractivity contribution >= 4 is 5.97 Å². The van der Waals surface area contributed by atoms with Crippen LogP contribution in [0.25, 0.3) is 0 Å². The summed E-state index contributed by atoms with van der Waals surface area (Å²) in [7, 11) is 0. The van der Waals surface area contributed by atoms with E-state index in [9.17, 15) is 4.79 Å². The molecule has 3 nitrogen and oxygen atoms in total. The lowest BCUT2D eigenvalue weighted by Gasteiger charge is -2.38. The third kappa shape index (κ3) is 3.95. The molecule has 0 aromatic rings. The molecule has 1 N–H and O–H groups in total. The Morgan fingerprint density at radius 3 is 2.26 bits per heavy atom. The molecule has 19 heavy (non-hydrogen) atoms. The van der Waals surface area contributed by atoms with Gasteiger partial charge in [0.2, 0.25) is 0 Å². The van der Waals surface area contributed by atoms with Crippen molar-refractivity contribution in [2.45, 2.75) is 52.9 Å². The maximum Gasteiger partial charge on any atom is 0.307 e. The molecule has 0 aromatic carbocycles. The zero-order valence-corrected chi connectivity index (χ0v) is 12.7. The summed E-state index contributed by atoms with van der Waals surface area (Å²) < 4.78 is 0. The fraction of sp³-hybridized carbons (Fsp3) is 0.938. The highest BCUT2D eigenvalue weighted by Gasteiger charge is 2.33. The predicted molar refractivity (Wildman–Crippen MR) is 77.1 cm³/mol. The number of likely N-dealkylation sites (tertiary alicyclic amines) is 1. The van der Waals surface area contributed by atoms with Crippen LogP contribution in [0.4, 0.5) is 0 Å². The molecule has 0 bridgehead atoms. The van der Waals surface area contributed by atoms with Gasteiger partial charge >= 0.3 is 5.97 Å². The largest absolute Gasteiger partial charge is 0.481 e. The zero-order valence-electron chi connectivity index (χ0n) is 12.7. The molecular weight excluding hydrogens is 238 g/mol. The Labute approximate surface area is 117 Å². The molecule has 2 rings (SSSR count). The highest BCUT2D eigenvalue weighted by molar-refractivity contribution is 5.70. The van der Waals surface area contributed by atoms with Crippen LogP contribution < -0.4 is 0 Å². The SMILES string of the molecule is CC(C)(C)C1CCC(CN2CCC(C(=O)O)C2)CC1. The second-order valence-electron chi connectivity index (χ2n) is 7.67. The molecule has 1 saturated carbocycles. The Hall–Kier alpha value is -0.570. The summed E-state index contributed by atoms with van der Waals surface area (Å²) >= 11 is 0. The van der Waals surface area contributed by atoms with Gasteiger partial charge in [-0.2, -0.15) is 0 Å². The molecule has 0 amide bonds. The van der Waals surface area contributed by atoms with Crippen molar-refractivity contribution in [3.05, 3.63) is 0 Å². The van der Waals surface area contributed by atoms with Crippen LogP contribution in [0.15, 0.2) is 0 Å². The number of rotatable bonds is 3. The normalized spacial score (nSPS) is 33.5. The third-order valence-electron chi connectivity index (χ3n) is 5.21. The van der Waals surface area contributed by atoms with Gasteiger partial charge < -0.3 is 10.0 Å². The van der Waals surface area contributed by atoms with Gasteiger partial charge in [0.15, 0.2) is 0 Å². The Morgan fingerprint density at radius 2 is 1.79 bits per heavy atom.